The van der Waals surface area contributed by atoms with Gasteiger partial charge in [-0.2, -0.15) is 0 Å². The highest BCUT2D eigenvalue weighted by Crippen LogP contribution is 2.73. The first kappa shape index (κ1) is 13.3. The third-order valence-corrected chi connectivity index (χ3v) is 6.26. The van der Waals surface area contributed by atoms with Crippen LogP contribution in [0.5, 0.6) is 5.75 Å². The van der Waals surface area contributed by atoms with E-state index in [4.69, 9.17) is 4.74 Å². The number of carbonyl (C=O) groups is 2. The Hall–Kier alpha value is -2.10. The van der Waals surface area contributed by atoms with Crippen molar-refractivity contribution in [2.75, 3.05) is 11.5 Å². The Balaban J connectivity index is 1.48. The summed E-state index contributed by atoms with van der Waals surface area (Å²) in [6, 6.07) is 7.26. The van der Waals surface area contributed by atoms with Gasteiger partial charge in [0.05, 0.1) is 24.1 Å². The minimum Gasteiger partial charge on any atom is -0.494 e. The van der Waals surface area contributed by atoms with E-state index in [1.165, 1.54) is 17.7 Å². The molecule has 2 amide bonds. The summed E-state index contributed by atoms with van der Waals surface area (Å²) in [4.78, 5) is 27.3. The van der Waals surface area contributed by atoms with E-state index in [1.807, 2.05) is 31.2 Å². The van der Waals surface area contributed by atoms with Gasteiger partial charge in [-0.3, -0.25) is 14.5 Å². The zero-order valence-electron chi connectivity index (χ0n) is 13.1. The van der Waals surface area contributed by atoms with Crippen molar-refractivity contribution in [3.05, 3.63) is 36.4 Å². The minimum atomic E-state index is -0.133. The normalized spacial score (nSPS) is 35.3. The van der Waals surface area contributed by atoms with Crippen LogP contribution < -0.4 is 9.64 Å². The molecule has 1 heterocycles. The zero-order valence-corrected chi connectivity index (χ0v) is 13.1. The van der Waals surface area contributed by atoms with Crippen LogP contribution in [0.15, 0.2) is 36.4 Å². The Labute approximate surface area is 135 Å². The number of nitrogens with zero attached hydrogens (tertiary/aromatic N) is 1. The largest absolute Gasteiger partial charge is 0.494 e. The topological polar surface area (TPSA) is 46.6 Å². The quantitative estimate of drug-likeness (QED) is 0.637. The molecule has 118 valence electrons. The maximum atomic E-state index is 13.0. The van der Waals surface area contributed by atoms with E-state index < -0.39 is 0 Å². The lowest BCUT2D eigenvalue weighted by Gasteiger charge is -2.21. The summed E-state index contributed by atoms with van der Waals surface area (Å²) < 4.78 is 5.43. The predicted molar refractivity (Wildman–Crippen MR) is 84.9 cm³/mol. The molecule has 0 radical (unpaired) electrons. The molecule has 0 N–H and O–H groups in total. The first-order valence-electron chi connectivity index (χ1n) is 8.46. The highest BCUT2D eigenvalue weighted by Gasteiger charge is 2.73. The second kappa shape index (κ2) is 4.25. The lowest BCUT2D eigenvalue weighted by atomic mass is 9.85. The number of amides is 2. The molecular weight excluding hydrogens is 290 g/mol. The average molecular weight is 309 g/mol. The highest BCUT2D eigenvalue weighted by molar-refractivity contribution is 6.23. The average Bonchev–Trinajstić information content (AvgIpc) is 3.15. The van der Waals surface area contributed by atoms with Gasteiger partial charge in [0.2, 0.25) is 11.8 Å². The van der Waals surface area contributed by atoms with Crippen LogP contribution in [0.2, 0.25) is 0 Å². The standard InChI is InChI=1S/C19H19NO3/c1-2-23-12-5-3-11(4-6-12)20-17(21)15-13-7-8-14(16(15)18(20)22)19(13)9-10-19/h3-8,13-16H,2,9-10H2,1H3/t13-,14-,15+,16+/m1/s1. The lowest BCUT2D eigenvalue weighted by Crippen LogP contribution is -2.34. The van der Waals surface area contributed by atoms with Crippen LogP contribution in [0.25, 0.3) is 0 Å². The minimum absolute atomic E-state index is 0.00714. The lowest BCUT2D eigenvalue weighted by molar-refractivity contribution is -0.123. The number of anilines is 1. The second-order valence-corrected chi connectivity index (χ2v) is 7.16. The summed E-state index contributed by atoms with van der Waals surface area (Å²) in [7, 11) is 0. The molecule has 0 aromatic heterocycles. The van der Waals surface area contributed by atoms with Gasteiger partial charge >= 0.3 is 0 Å². The Morgan fingerprint density at radius 1 is 1.04 bits per heavy atom. The summed E-state index contributed by atoms with van der Waals surface area (Å²) in [5, 5.41) is 0. The Morgan fingerprint density at radius 2 is 1.61 bits per heavy atom. The highest BCUT2D eigenvalue weighted by atomic mass is 16.5. The predicted octanol–water partition coefficient (Wildman–Crippen LogP) is 2.79. The summed E-state index contributed by atoms with van der Waals surface area (Å²) in [6.45, 7) is 2.53. The van der Waals surface area contributed by atoms with Crippen molar-refractivity contribution in [3.8, 4) is 5.75 Å². The summed E-state index contributed by atoms with van der Waals surface area (Å²) in [5.74, 6) is 1.04. The number of imide groups is 1. The first-order valence-corrected chi connectivity index (χ1v) is 8.46. The van der Waals surface area contributed by atoms with E-state index in [1.54, 1.807) is 0 Å². The second-order valence-electron chi connectivity index (χ2n) is 7.16. The fourth-order valence-electron chi connectivity index (χ4n) is 5.19. The number of benzene rings is 1. The van der Waals surface area contributed by atoms with Crippen molar-refractivity contribution >= 4 is 17.5 Å². The number of ether oxygens (including phenoxy) is 1. The molecule has 1 aliphatic heterocycles. The maximum absolute atomic E-state index is 13.0. The molecule has 4 heteroatoms. The van der Waals surface area contributed by atoms with Crippen LogP contribution in [0.4, 0.5) is 5.69 Å². The molecule has 2 bridgehead atoms. The van der Waals surface area contributed by atoms with Crippen molar-refractivity contribution < 1.29 is 14.3 Å². The molecule has 23 heavy (non-hydrogen) atoms. The fraction of sp³-hybridized carbons (Fsp3) is 0.474. The molecule has 5 rings (SSSR count). The Bertz CT molecular complexity index is 697. The Kier molecular flexibility index (Phi) is 2.47. The molecular formula is C19H19NO3. The molecule has 1 saturated heterocycles. The van der Waals surface area contributed by atoms with Gasteiger partial charge in [-0.1, -0.05) is 12.2 Å². The van der Waals surface area contributed by atoms with Crippen molar-refractivity contribution in [1.29, 1.82) is 0 Å². The van der Waals surface area contributed by atoms with Crippen LogP contribution in [0, 0.1) is 29.1 Å². The number of rotatable bonds is 3. The maximum Gasteiger partial charge on any atom is 0.238 e. The van der Waals surface area contributed by atoms with E-state index >= 15 is 0 Å². The van der Waals surface area contributed by atoms with Gasteiger partial charge in [0.25, 0.3) is 0 Å². The van der Waals surface area contributed by atoms with Gasteiger partial charge in [-0.15, -0.1) is 0 Å². The van der Waals surface area contributed by atoms with E-state index in [2.05, 4.69) is 12.2 Å². The van der Waals surface area contributed by atoms with E-state index in [-0.39, 0.29) is 40.9 Å². The van der Waals surface area contributed by atoms with E-state index in [0.717, 1.165) is 5.75 Å². The first-order chi connectivity index (χ1) is 11.2. The van der Waals surface area contributed by atoms with Crippen LogP contribution in [0.3, 0.4) is 0 Å². The third kappa shape index (κ3) is 1.51. The molecule has 1 spiro atoms. The molecule has 3 fully saturated rings. The molecule has 4 nitrogen and oxygen atoms in total. The van der Waals surface area contributed by atoms with Crippen LogP contribution in [-0.2, 0) is 9.59 Å². The number of carbonyl (C=O) groups excluding carboxylic acids is 2. The molecule has 0 unspecified atom stereocenters. The van der Waals surface area contributed by atoms with Crippen LogP contribution in [-0.4, -0.2) is 18.4 Å². The van der Waals surface area contributed by atoms with Crippen LogP contribution in [0.1, 0.15) is 19.8 Å². The molecule has 2 saturated carbocycles. The molecule has 4 atom stereocenters. The van der Waals surface area contributed by atoms with Crippen molar-refractivity contribution in [2.45, 2.75) is 19.8 Å². The molecule has 4 aliphatic rings. The third-order valence-electron chi connectivity index (χ3n) is 6.26. The van der Waals surface area contributed by atoms with Gasteiger partial charge in [-0.25, -0.2) is 0 Å². The van der Waals surface area contributed by atoms with E-state index in [0.29, 0.717) is 12.3 Å². The summed E-state index contributed by atoms with van der Waals surface area (Å²) in [6.07, 6.45) is 6.75. The zero-order chi connectivity index (χ0) is 15.8. The van der Waals surface area contributed by atoms with Crippen molar-refractivity contribution in [1.82, 2.24) is 0 Å². The Morgan fingerprint density at radius 3 is 2.09 bits per heavy atom. The van der Waals surface area contributed by atoms with Crippen molar-refractivity contribution in [3.63, 3.8) is 0 Å². The fourth-order valence-corrected chi connectivity index (χ4v) is 5.19. The van der Waals surface area contributed by atoms with Gasteiger partial charge in [0.15, 0.2) is 0 Å². The monoisotopic (exact) mass is 309 g/mol. The number of allylic oxidation sites excluding steroid dienone is 2. The smallest absolute Gasteiger partial charge is 0.238 e. The van der Waals surface area contributed by atoms with Gasteiger partial charge in [0.1, 0.15) is 5.75 Å². The molecule has 1 aromatic rings. The number of fused-ring (bicyclic) bond motifs is 3. The molecule has 1 aromatic carbocycles. The summed E-state index contributed by atoms with van der Waals surface area (Å²) in [5.41, 5.74) is 0.924. The van der Waals surface area contributed by atoms with E-state index in [9.17, 15) is 9.59 Å². The van der Waals surface area contributed by atoms with Crippen molar-refractivity contribution in [2.24, 2.45) is 29.1 Å². The van der Waals surface area contributed by atoms with Crippen LogP contribution >= 0.6 is 0 Å². The SMILES string of the molecule is CCOc1ccc(N2C(=O)[C@@H]3[C@@H](C2=O)[C@H]2C=C[C@H]3C23CC3)cc1. The number of hydrogen-bond acceptors (Lipinski definition) is 3. The van der Waals surface area contributed by atoms with Gasteiger partial charge in [0, 0.05) is 0 Å². The summed E-state index contributed by atoms with van der Waals surface area (Å²) >= 11 is 0. The molecule has 3 aliphatic carbocycles. The van der Waals surface area contributed by atoms with Gasteiger partial charge < -0.3 is 4.74 Å². The van der Waals surface area contributed by atoms with Gasteiger partial charge in [-0.05, 0) is 61.3 Å². The number of hydrogen-bond donors (Lipinski definition) is 0.